The van der Waals surface area contributed by atoms with Crippen LogP contribution < -0.4 is 11.1 Å². The van der Waals surface area contributed by atoms with Gasteiger partial charge in [-0.05, 0) is 25.5 Å². The molecular formula is C16H18F2N6OS. The first kappa shape index (κ1) is 18.3. The molecule has 0 radical (unpaired) electrons. The second-order valence-corrected chi connectivity index (χ2v) is 7.69. The molecule has 10 heteroatoms. The van der Waals surface area contributed by atoms with Crippen molar-refractivity contribution < 1.29 is 13.6 Å². The molecule has 3 N–H and O–H groups in total. The number of anilines is 1. The zero-order valence-electron chi connectivity index (χ0n) is 14.2. The van der Waals surface area contributed by atoms with Gasteiger partial charge in [0.05, 0.1) is 17.5 Å². The molecule has 0 spiro atoms. The molecule has 1 aliphatic rings. The van der Waals surface area contributed by atoms with Crippen LogP contribution in [0.5, 0.6) is 0 Å². The molecule has 0 fully saturated rings. The molecule has 138 valence electrons. The highest BCUT2D eigenvalue weighted by molar-refractivity contribution is 8.14. The molecule has 0 aromatic carbocycles. The van der Waals surface area contributed by atoms with Gasteiger partial charge in [-0.15, -0.1) is 0 Å². The van der Waals surface area contributed by atoms with Crippen LogP contribution in [0.1, 0.15) is 42.9 Å². The van der Waals surface area contributed by atoms with Gasteiger partial charge in [0.15, 0.2) is 5.17 Å². The zero-order chi connectivity index (χ0) is 18.9. The van der Waals surface area contributed by atoms with E-state index in [1.807, 2.05) is 6.92 Å². The minimum Gasteiger partial charge on any atom is -0.379 e. The lowest BCUT2D eigenvalue weighted by atomic mass is 9.91. The van der Waals surface area contributed by atoms with E-state index >= 15 is 0 Å². The number of alkyl halides is 2. The summed E-state index contributed by atoms with van der Waals surface area (Å²) in [4.78, 5) is 21.1. The number of amides is 1. The van der Waals surface area contributed by atoms with Gasteiger partial charge in [0.25, 0.3) is 5.91 Å². The number of carbonyl (C=O) groups is 1. The Labute approximate surface area is 153 Å². The molecule has 1 aliphatic heterocycles. The average Bonchev–Trinajstić information content (AvgIpc) is 3.04. The van der Waals surface area contributed by atoms with Crippen LogP contribution in [0.25, 0.3) is 0 Å². The number of amidine groups is 1. The SMILES string of the molecule is C[C@@H]1C[C@@](C)(c2cc(NC(=O)c3cnn(C(F)F)c3)ccn2)N=C(N)S1. The van der Waals surface area contributed by atoms with Gasteiger partial charge in [0.2, 0.25) is 0 Å². The van der Waals surface area contributed by atoms with Crippen molar-refractivity contribution in [1.29, 1.82) is 0 Å². The van der Waals surface area contributed by atoms with Gasteiger partial charge in [0, 0.05) is 23.3 Å². The van der Waals surface area contributed by atoms with E-state index in [9.17, 15) is 13.6 Å². The van der Waals surface area contributed by atoms with Crippen LogP contribution in [-0.2, 0) is 5.54 Å². The standard InChI is InChI=1S/C16H18F2N6OS/c1-9-6-16(2,23-15(19)26-9)12-5-11(3-4-20-12)22-13(25)10-7-21-24(8-10)14(17)18/h3-5,7-9,14H,6H2,1-2H3,(H2,19,23)(H,20,22,25)/t9-,16+/m1/s1. The van der Waals surface area contributed by atoms with E-state index in [0.29, 0.717) is 21.2 Å². The lowest BCUT2D eigenvalue weighted by molar-refractivity contribution is 0.0565. The van der Waals surface area contributed by atoms with E-state index in [4.69, 9.17) is 5.73 Å². The highest BCUT2D eigenvalue weighted by Crippen LogP contribution is 2.38. The van der Waals surface area contributed by atoms with E-state index < -0.39 is 18.0 Å². The Bertz CT molecular complexity index is 855. The summed E-state index contributed by atoms with van der Waals surface area (Å²) in [5.41, 5.74) is 6.52. The number of halogens is 2. The maximum atomic E-state index is 12.6. The Morgan fingerprint density at radius 1 is 1.54 bits per heavy atom. The maximum absolute atomic E-state index is 12.6. The number of aliphatic imine (C=N–C) groups is 1. The fraction of sp³-hybridized carbons (Fsp3) is 0.375. The fourth-order valence-electron chi connectivity index (χ4n) is 2.85. The van der Waals surface area contributed by atoms with Gasteiger partial charge in [0.1, 0.15) is 5.54 Å². The largest absolute Gasteiger partial charge is 0.379 e. The number of thioether (sulfide) groups is 1. The molecule has 1 amide bonds. The minimum atomic E-state index is -2.79. The average molecular weight is 380 g/mol. The molecule has 0 saturated carbocycles. The summed E-state index contributed by atoms with van der Waals surface area (Å²) in [6.07, 6.45) is 4.41. The van der Waals surface area contributed by atoms with Crippen LogP contribution in [0.3, 0.4) is 0 Å². The smallest absolute Gasteiger partial charge is 0.333 e. The number of nitrogens with one attached hydrogen (secondary N) is 1. The lowest BCUT2D eigenvalue weighted by Gasteiger charge is -2.32. The van der Waals surface area contributed by atoms with Crippen LogP contribution in [0.4, 0.5) is 14.5 Å². The second-order valence-electron chi connectivity index (χ2n) is 6.23. The van der Waals surface area contributed by atoms with Crippen molar-refractivity contribution in [3.63, 3.8) is 0 Å². The molecule has 3 heterocycles. The van der Waals surface area contributed by atoms with Gasteiger partial charge in [-0.2, -0.15) is 13.9 Å². The van der Waals surface area contributed by atoms with E-state index in [0.717, 1.165) is 18.8 Å². The summed E-state index contributed by atoms with van der Waals surface area (Å²) in [5, 5.41) is 6.92. The van der Waals surface area contributed by atoms with Crippen molar-refractivity contribution in [2.45, 2.75) is 37.6 Å². The minimum absolute atomic E-state index is 0.0415. The third-order valence-electron chi connectivity index (χ3n) is 4.00. The van der Waals surface area contributed by atoms with Crippen molar-refractivity contribution in [2.24, 2.45) is 10.7 Å². The molecular weight excluding hydrogens is 362 g/mol. The molecule has 26 heavy (non-hydrogen) atoms. The summed E-state index contributed by atoms with van der Waals surface area (Å²) in [5.74, 6) is -0.533. The number of carbonyl (C=O) groups excluding carboxylic acids is 1. The van der Waals surface area contributed by atoms with Gasteiger partial charge in [-0.25, -0.2) is 9.67 Å². The molecule has 2 aromatic heterocycles. The first-order valence-electron chi connectivity index (χ1n) is 7.89. The van der Waals surface area contributed by atoms with Crippen molar-refractivity contribution in [3.8, 4) is 0 Å². The number of rotatable bonds is 4. The Morgan fingerprint density at radius 3 is 2.96 bits per heavy atom. The van der Waals surface area contributed by atoms with Crippen LogP contribution in [0.2, 0.25) is 0 Å². The van der Waals surface area contributed by atoms with E-state index in [2.05, 4.69) is 27.3 Å². The molecule has 2 aromatic rings. The number of aromatic nitrogens is 3. The van der Waals surface area contributed by atoms with Gasteiger partial charge in [-0.3, -0.25) is 9.78 Å². The number of hydrogen-bond acceptors (Lipinski definition) is 6. The first-order valence-corrected chi connectivity index (χ1v) is 8.77. The van der Waals surface area contributed by atoms with Crippen molar-refractivity contribution in [3.05, 3.63) is 42.0 Å². The normalized spacial score (nSPS) is 23.0. The number of nitrogens with two attached hydrogens (primary N) is 1. The predicted octanol–water partition coefficient (Wildman–Crippen LogP) is 2.98. The van der Waals surface area contributed by atoms with Gasteiger partial charge >= 0.3 is 6.55 Å². The van der Waals surface area contributed by atoms with Crippen LogP contribution in [0, 0.1) is 0 Å². The molecule has 0 unspecified atom stereocenters. The second kappa shape index (κ2) is 7.02. The molecule has 0 saturated heterocycles. The Balaban J connectivity index is 1.81. The zero-order valence-corrected chi connectivity index (χ0v) is 15.0. The number of nitrogens with zero attached hydrogens (tertiary/aromatic N) is 4. The predicted molar refractivity (Wildman–Crippen MR) is 96.3 cm³/mol. The molecule has 3 rings (SSSR count). The van der Waals surface area contributed by atoms with Gasteiger partial charge in [-0.1, -0.05) is 18.7 Å². The summed E-state index contributed by atoms with van der Waals surface area (Å²) in [6.45, 7) is 1.21. The number of hydrogen-bond donors (Lipinski definition) is 2. The number of pyridine rings is 1. The monoisotopic (exact) mass is 380 g/mol. The Kier molecular flexibility index (Phi) is 4.94. The Morgan fingerprint density at radius 2 is 2.31 bits per heavy atom. The molecule has 2 atom stereocenters. The summed E-state index contributed by atoms with van der Waals surface area (Å²) >= 11 is 1.51. The third-order valence-corrected chi connectivity index (χ3v) is 4.90. The van der Waals surface area contributed by atoms with E-state index in [1.165, 1.54) is 11.8 Å². The Hall–Kier alpha value is -2.49. The van der Waals surface area contributed by atoms with Crippen LogP contribution in [-0.4, -0.2) is 31.1 Å². The topological polar surface area (TPSA) is 98.2 Å². The van der Waals surface area contributed by atoms with Crippen LogP contribution >= 0.6 is 11.8 Å². The van der Waals surface area contributed by atoms with Crippen molar-refractivity contribution in [2.75, 3.05) is 5.32 Å². The van der Waals surface area contributed by atoms with Gasteiger partial charge < -0.3 is 11.1 Å². The summed E-state index contributed by atoms with van der Waals surface area (Å²) < 4.78 is 25.6. The van der Waals surface area contributed by atoms with Crippen LogP contribution in [0.15, 0.2) is 35.7 Å². The molecule has 0 bridgehead atoms. The highest BCUT2D eigenvalue weighted by Gasteiger charge is 2.34. The highest BCUT2D eigenvalue weighted by atomic mass is 32.2. The third kappa shape index (κ3) is 3.85. The molecule has 0 aliphatic carbocycles. The maximum Gasteiger partial charge on any atom is 0.333 e. The molecule has 7 nitrogen and oxygen atoms in total. The fourth-order valence-corrected chi connectivity index (χ4v) is 3.93. The first-order chi connectivity index (χ1) is 12.3. The van der Waals surface area contributed by atoms with Crippen molar-refractivity contribution >= 4 is 28.5 Å². The lowest BCUT2D eigenvalue weighted by Crippen LogP contribution is -2.33. The van der Waals surface area contributed by atoms with E-state index in [1.54, 1.807) is 18.3 Å². The van der Waals surface area contributed by atoms with E-state index in [-0.39, 0.29) is 10.8 Å². The quantitative estimate of drug-likeness (QED) is 0.850. The van der Waals surface area contributed by atoms with Crippen molar-refractivity contribution in [1.82, 2.24) is 14.8 Å². The summed E-state index contributed by atoms with van der Waals surface area (Å²) in [7, 11) is 0. The summed E-state index contributed by atoms with van der Waals surface area (Å²) in [6, 6.07) is 3.34.